The summed E-state index contributed by atoms with van der Waals surface area (Å²) in [5.41, 5.74) is 15.1. The summed E-state index contributed by atoms with van der Waals surface area (Å²) in [6.07, 6.45) is 14.4. The van der Waals surface area contributed by atoms with Gasteiger partial charge < -0.3 is 21.3 Å². The molecule has 4 aliphatic rings. The van der Waals surface area contributed by atoms with Gasteiger partial charge in [0.05, 0.1) is 21.6 Å². The Morgan fingerprint density at radius 1 is 0.530 bits per heavy atom. The number of nitrogens with one attached hydrogen (secondary N) is 4. The molecule has 4 heterocycles. The van der Waals surface area contributed by atoms with Gasteiger partial charge in [-0.3, -0.25) is 0 Å². The minimum absolute atomic E-state index is 0.179. The third-order valence-corrected chi connectivity index (χ3v) is 12.5. The molecule has 9 rings (SSSR count). The smallest absolute Gasteiger partial charge is 0.145 e. The summed E-state index contributed by atoms with van der Waals surface area (Å²) in [5.74, 6) is -0.322. The van der Waals surface area contributed by atoms with Crippen molar-refractivity contribution in [3.05, 3.63) is 246 Å². The number of hydrogen-bond acceptors (Lipinski definition) is 5. The lowest BCUT2D eigenvalue weighted by Gasteiger charge is -2.10. The van der Waals surface area contributed by atoms with Crippen LogP contribution >= 0.6 is 70.2 Å². The molecule has 12 heteroatoms. The second-order valence-electron chi connectivity index (χ2n) is 15.9. The van der Waals surface area contributed by atoms with Gasteiger partial charge >= 0.3 is 0 Å². The van der Waals surface area contributed by atoms with Crippen molar-refractivity contribution in [3.8, 4) is 17.2 Å². The van der Waals surface area contributed by atoms with Crippen LogP contribution in [-0.2, 0) is 25.7 Å². The molecule has 0 saturated carbocycles. The van der Waals surface area contributed by atoms with E-state index in [4.69, 9.17) is 75.5 Å². The van der Waals surface area contributed by atoms with E-state index < -0.39 is 0 Å². The van der Waals surface area contributed by atoms with Crippen LogP contribution in [0.1, 0.15) is 53.5 Å². The summed E-state index contributed by atoms with van der Waals surface area (Å²) in [6.45, 7) is 11.6. The van der Waals surface area contributed by atoms with Gasteiger partial charge in [-0.2, -0.15) is 5.26 Å². The molecule has 0 bridgehead atoms. The SMILES string of the molecule is C=C1CC(Cc2c(Cl)cccc2Cl)=CN1.C=C1CC(Cc2cccc(Cl)c2F)=CN1.C=C1CC(Cc2ccccc2-c2ccc(C#N)cc2)=CN1.S=C1CC(Cc2ccc(Cl)cc2Cl)=CN1. The Labute approximate surface area is 417 Å². The Hall–Kier alpha value is -5.56. The van der Waals surface area contributed by atoms with E-state index >= 15 is 0 Å². The van der Waals surface area contributed by atoms with Crippen LogP contribution in [-0.4, -0.2) is 4.99 Å². The molecule has 0 fully saturated rings. The standard InChI is InChI=1S/C19H16N2.C12H11Cl2N.C12H11ClFN.C11H9Cl2NS/c1-14-10-16(13-21-14)11-18-4-2-3-5-19(18)17-8-6-15(12-20)7-9-17;1-8-5-9(7-15-8)6-10-11(13)3-2-4-12(10)14;1-8-5-9(7-15-8)6-10-3-2-4-11(13)12(10)14;12-9-2-1-8(10(13)5-9)3-7-4-11(15)14-6-7/h2-9,13,21H,1,10-11H2;2*2-4,7,15H,1,5-6H2;1-2,5-6H,3-4H2,(H,14,15). The highest BCUT2D eigenvalue weighted by Gasteiger charge is 2.15. The van der Waals surface area contributed by atoms with E-state index in [9.17, 15) is 4.39 Å². The fraction of sp³-hybridized carbons (Fsp3) is 0.148. The monoisotopic (exact) mass is 991 g/mol. The maximum atomic E-state index is 13.6. The van der Waals surface area contributed by atoms with Crippen molar-refractivity contribution in [3.63, 3.8) is 0 Å². The van der Waals surface area contributed by atoms with Crippen molar-refractivity contribution >= 4 is 75.2 Å². The average Bonchev–Trinajstić information content (AvgIpc) is 4.12. The number of benzene rings is 5. The fourth-order valence-electron chi connectivity index (χ4n) is 7.38. The average molecular weight is 994 g/mol. The molecule has 0 aliphatic carbocycles. The first-order valence-corrected chi connectivity index (χ1v) is 23.3. The van der Waals surface area contributed by atoms with Crippen molar-refractivity contribution in [2.24, 2.45) is 0 Å². The fourth-order valence-corrected chi connectivity index (χ4v) is 8.82. The summed E-state index contributed by atoms with van der Waals surface area (Å²) in [5, 5.41) is 24.2. The number of nitrogens with zero attached hydrogens (tertiary/aromatic N) is 1. The zero-order chi connectivity index (χ0) is 47.2. The van der Waals surface area contributed by atoms with Gasteiger partial charge in [0.1, 0.15) is 5.82 Å². The Morgan fingerprint density at radius 2 is 1.03 bits per heavy atom. The van der Waals surface area contributed by atoms with E-state index in [1.54, 1.807) is 24.3 Å². The largest absolute Gasteiger partial charge is 0.365 e. The zero-order valence-electron chi connectivity index (χ0n) is 36.0. The molecule has 5 aromatic rings. The van der Waals surface area contributed by atoms with E-state index in [-0.39, 0.29) is 10.8 Å². The third-order valence-electron chi connectivity index (χ3n) is 10.7. The molecular formula is C54H47Cl5FN5S. The molecule has 4 N–H and O–H groups in total. The number of nitriles is 1. The van der Waals surface area contributed by atoms with Gasteiger partial charge in [-0.15, -0.1) is 0 Å². The van der Waals surface area contributed by atoms with Gasteiger partial charge in [0, 0.05) is 87.7 Å². The molecule has 0 unspecified atom stereocenters. The van der Waals surface area contributed by atoms with Crippen LogP contribution in [0.15, 0.2) is 187 Å². The van der Waals surface area contributed by atoms with Crippen LogP contribution in [0.3, 0.4) is 0 Å². The summed E-state index contributed by atoms with van der Waals surface area (Å²) in [4.78, 5) is 0.870. The molecule has 0 aromatic heterocycles. The number of thiocarbonyl (C=S) groups is 1. The van der Waals surface area contributed by atoms with Crippen LogP contribution < -0.4 is 21.3 Å². The van der Waals surface area contributed by atoms with Crippen molar-refractivity contribution in [2.75, 3.05) is 0 Å². The van der Waals surface area contributed by atoms with Crippen LogP contribution in [0.2, 0.25) is 25.1 Å². The molecule has 66 heavy (non-hydrogen) atoms. The minimum Gasteiger partial charge on any atom is -0.365 e. The van der Waals surface area contributed by atoms with Crippen LogP contribution in [0.4, 0.5) is 4.39 Å². The molecule has 0 amide bonds. The summed E-state index contributed by atoms with van der Waals surface area (Å²) in [6, 6.07) is 34.5. The summed E-state index contributed by atoms with van der Waals surface area (Å²) in [7, 11) is 0. The van der Waals surface area contributed by atoms with Gasteiger partial charge in [0.2, 0.25) is 0 Å². The number of hydrogen-bond donors (Lipinski definition) is 4. The Balaban J connectivity index is 0.000000147. The molecule has 0 saturated heterocycles. The molecule has 0 atom stereocenters. The number of allylic oxidation sites excluding steroid dienone is 3. The second kappa shape index (κ2) is 24.3. The number of rotatable bonds is 9. The lowest BCUT2D eigenvalue weighted by Crippen LogP contribution is -2.05. The highest BCUT2D eigenvalue weighted by molar-refractivity contribution is 7.80. The van der Waals surface area contributed by atoms with Crippen molar-refractivity contribution in [1.82, 2.24) is 21.3 Å². The van der Waals surface area contributed by atoms with E-state index in [2.05, 4.69) is 77.5 Å². The highest BCUT2D eigenvalue weighted by atomic mass is 35.5. The quantitative estimate of drug-likeness (QED) is 0.110. The normalized spacial score (nSPS) is 14.6. The van der Waals surface area contributed by atoms with Crippen molar-refractivity contribution in [1.29, 1.82) is 5.26 Å². The first-order chi connectivity index (χ1) is 31.7. The van der Waals surface area contributed by atoms with Gasteiger partial charge in [0.15, 0.2) is 0 Å². The molecule has 5 nitrogen and oxygen atoms in total. The molecule has 336 valence electrons. The minimum atomic E-state index is -0.322. The Kier molecular flexibility index (Phi) is 18.3. The van der Waals surface area contributed by atoms with Crippen LogP contribution in [0.5, 0.6) is 0 Å². The predicted octanol–water partition coefficient (Wildman–Crippen LogP) is 15.2. The van der Waals surface area contributed by atoms with Gasteiger partial charge in [0.25, 0.3) is 0 Å². The Bertz CT molecular complexity index is 2800. The molecular weight excluding hydrogens is 947 g/mol. The van der Waals surface area contributed by atoms with E-state index in [0.717, 1.165) is 99.3 Å². The molecule has 5 aromatic carbocycles. The Morgan fingerprint density at radius 3 is 1.58 bits per heavy atom. The summed E-state index contributed by atoms with van der Waals surface area (Å²) >= 11 is 34.8. The first-order valence-electron chi connectivity index (χ1n) is 21.0. The lowest BCUT2D eigenvalue weighted by molar-refractivity contribution is 0.613. The third kappa shape index (κ3) is 14.7. The van der Waals surface area contributed by atoms with Gasteiger partial charge in [-0.1, -0.05) is 151 Å². The first kappa shape index (κ1) is 49.9. The number of halogens is 6. The van der Waals surface area contributed by atoms with E-state index in [0.29, 0.717) is 27.6 Å². The predicted molar refractivity (Wildman–Crippen MR) is 279 cm³/mol. The van der Waals surface area contributed by atoms with E-state index in [1.807, 2.05) is 73.2 Å². The van der Waals surface area contributed by atoms with Gasteiger partial charge in [-0.25, -0.2) is 4.39 Å². The van der Waals surface area contributed by atoms with Crippen LogP contribution in [0.25, 0.3) is 11.1 Å². The summed E-state index contributed by atoms with van der Waals surface area (Å²) < 4.78 is 13.6. The van der Waals surface area contributed by atoms with Gasteiger partial charge in [-0.05, 0) is 124 Å². The second-order valence-corrected chi connectivity index (χ2v) is 18.5. The molecule has 0 radical (unpaired) electrons. The molecule has 4 aliphatic heterocycles. The van der Waals surface area contributed by atoms with E-state index in [1.165, 1.54) is 27.8 Å². The van der Waals surface area contributed by atoms with Crippen molar-refractivity contribution < 1.29 is 4.39 Å². The molecule has 0 spiro atoms. The zero-order valence-corrected chi connectivity index (χ0v) is 40.6. The maximum Gasteiger partial charge on any atom is 0.145 e. The van der Waals surface area contributed by atoms with Crippen molar-refractivity contribution in [2.45, 2.75) is 51.4 Å². The highest BCUT2D eigenvalue weighted by Crippen LogP contribution is 2.31. The van der Waals surface area contributed by atoms with Crippen LogP contribution in [0, 0.1) is 17.1 Å². The lowest BCUT2D eigenvalue weighted by atomic mass is 9.94. The topological polar surface area (TPSA) is 71.9 Å². The maximum absolute atomic E-state index is 13.6.